The Balaban J connectivity index is 1.76. The lowest BCUT2D eigenvalue weighted by Gasteiger charge is -2.32. The third-order valence-electron chi connectivity index (χ3n) is 4.37. The molecule has 1 N–H and O–H groups in total. The van der Waals surface area contributed by atoms with Crippen molar-refractivity contribution in [1.82, 2.24) is 9.29 Å². The molecule has 1 amide bonds. The zero-order chi connectivity index (χ0) is 17.9. The SMILES string of the molecule is CC1CCCCN1S(=O)(=O)c1ccc(C(=O)Nc2ccccn2)cc1. The highest BCUT2D eigenvalue weighted by Crippen LogP contribution is 2.25. The van der Waals surface area contributed by atoms with Gasteiger partial charge in [0.25, 0.3) is 5.91 Å². The van der Waals surface area contributed by atoms with E-state index in [1.807, 2.05) is 6.92 Å². The van der Waals surface area contributed by atoms with E-state index >= 15 is 0 Å². The molecule has 1 fully saturated rings. The van der Waals surface area contributed by atoms with Crippen molar-refractivity contribution >= 4 is 21.7 Å². The molecule has 6 nitrogen and oxygen atoms in total. The zero-order valence-corrected chi connectivity index (χ0v) is 14.9. The van der Waals surface area contributed by atoms with Gasteiger partial charge in [0.15, 0.2) is 0 Å². The summed E-state index contributed by atoms with van der Waals surface area (Å²) in [7, 11) is -3.52. The van der Waals surface area contributed by atoms with Gasteiger partial charge >= 0.3 is 0 Å². The van der Waals surface area contributed by atoms with Crippen LogP contribution in [0.25, 0.3) is 0 Å². The van der Waals surface area contributed by atoms with Gasteiger partial charge in [0, 0.05) is 24.3 Å². The maximum absolute atomic E-state index is 12.8. The molecule has 0 spiro atoms. The Morgan fingerprint density at radius 3 is 2.56 bits per heavy atom. The first-order valence-corrected chi connectivity index (χ1v) is 9.77. The Morgan fingerprint density at radius 2 is 1.92 bits per heavy atom. The molecule has 25 heavy (non-hydrogen) atoms. The number of rotatable bonds is 4. The normalized spacial score (nSPS) is 18.7. The highest BCUT2D eigenvalue weighted by atomic mass is 32.2. The van der Waals surface area contributed by atoms with Crippen molar-refractivity contribution in [3.05, 3.63) is 54.2 Å². The highest BCUT2D eigenvalue weighted by Gasteiger charge is 2.30. The third kappa shape index (κ3) is 3.88. The lowest BCUT2D eigenvalue weighted by molar-refractivity contribution is 0.102. The van der Waals surface area contributed by atoms with Crippen molar-refractivity contribution < 1.29 is 13.2 Å². The fourth-order valence-corrected chi connectivity index (χ4v) is 4.67. The quantitative estimate of drug-likeness (QED) is 0.910. The Labute approximate surface area is 147 Å². The van der Waals surface area contributed by atoms with E-state index in [0.717, 1.165) is 19.3 Å². The predicted molar refractivity (Wildman–Crippen MR) is 95.8 cm³/mol. The molecular formula is C18H21N3O3S. The van der Waals surface area contributed by atoms with Crippen molar-refractivity contribution in [2.75, 3.05) is 11.9 Å². The number of sulfonamides is 1. The number of aromatic nitrogens is 1. The first-order valence-electron chi connectivity index (χ1n) is 8.33. The minimum atomic E-state index is -3.52. The van der Waals surface area contributed by atoms with Gasteiger partial charge in [-0.05, 0) is 56.2 Å². The maximum Gasteiger partial charge on any atom is 0.256 e. The molecule has 1 aromatic carbocycles. The van der Waals surface area contributed by atoms with Crippen LogP contribution in [0.2, 0.25) is 0 Å². The lowest BCUT2D eigenvalue weighted by Crippen LogP contribution is -2.41. The molecule has 1 saturated heterocycles. The van der Waals surface area contributed by atoms with Crippen molar-refractivity contribution in [2.45, 2.75) is 37.1 Å². The number of hydrogen-bond acceptors (Lipinski definition) is 4. The van der Waals surface area contributed by atoms with Crippen LogP contribution in [-0.4, -0.2) is 36.2 Å². The van der Waals surface area contributed by atoms with Gasteiger partial charge in [-0.3, -0.25) is 4.79 Å². The maximum atomic E-state index is 12.8. The van der Waals surface area contributed by atoms with Crippen LogP contribution in [0.1, 0.15) is 36.5 Å². The first kappa shape index (κ1) is 17.6. The summed E-state index contributed by atoms with van der Waals surface area (Å²) in [5, 5.41) is 2.68. The first-order chi connectivity index (χ1) is 12.0. The molecule has 2 aromatic rings. The van der Waals surface area contributed by atoms with Crippen molar-refractivity contribution in [3.8, 4) is 0 Å². The summed E-state index contributed by atoms with van der Waals surface area (Å²) in [5.74, 6) is 0.125. The molecule has 7 heteroatoms. The Kier molecular flexibility index (Phi) is 5.15. The van der Waals surface area contributed by atoms with E-state index < -0.39 is 10.0 Å². The summed E-state index contributed by atoms with van der Waals surface area (Å²) in [6.45, 7) is 2.48. The van der Waals surface area contributed by atoms with E-state index in [0.29, 0.717) is 17.9 Å². The monoisotopic (exact) mass is 359 g/mol. The summed E-state index contributed by atoms with van der Waals surface area (Å²) in [6, 6.07) is 11.3. The second-order valence-electron chi connectivity index (χ2n) is 6.15. The van der Waals surface area contributed by atoms with Gasteiger partial charge in [-0.15, -0.1) is 0 Å². The minimum absolute atomic E-state index is 0.00544. The molecule has 132 valence electrons. The van der Waals surface area contributed by atoms with Gasteiger partial charge in [-0.2, -0.15) is 4.31 Å². The van der Waals surface area contributed by atoms with E-state index in [4.69, 9.17) is 0 Å². The number of amides is 1. The number of nitrogens with one attached hydrogen (secondary N) is 1. The van der Waals surface area contributed by atoms with Crippen molar-refractivity contribution in [3.63, 3.8) is 0 Å². The van der Waals surface area contributed by atoms with Gasteiger partial charge in [-0.1, -0.05) is 12.5 Å². The topological polar surface area (TPSA) is 79.4 Å². The fraction of sp³-hybridized carbons (Fsp3) is 0.333. The number of benzene rings is 1. The number of anilines is 1. The van der Waals surface area contributed by atoms with Crippen LogP contribution in [-0.2, 0) is 10.0 Å². The molecule has 1 unspecified atom stereocenters. The molecule has 1 aromatic heterocycles. The van der Waals surface area contributed by atoms with Crippen LogP contribution in [0, 0.1) is 0 Å². The summed E-state index contributed by atoms with van der Waals surface area (Å²) >= 11 is 0. The van der Waals surface area contributed by atoms with Crippen LogP contribution in [0.5, 0.6) is 0 Å². The number of pyridine rings is 1. The smallest absolute Gasteiger partial charge is 0.256 e. The van der Waals surface area contributed by atoms with Gasteiger partial charge in [0.2, 0.25) is 10.0 Å². The molecule has 3 rings (SSSR count). The Bertz CT molecular complexity index is 836. The largest absolute Gasteiger partial charge is 0.307 e. The predicted octanol–water partition coefficient (Wildman–Crippen LogP) is 2.90. The molecule has 0 saturated carbocycles. The van der Waals surface area contributed by atoms with E-state index in [9.17, 15) is 13.2 Å². The second-order valence-corrected chi connectivity index (χ2v) is 8.04. The van der Waals surface area contributed by atoms with Crippen LogP contribution >= 0.6 is 0 Å². The van der Waals surface area contributed by atoms with E-state index in [-0.39, 0.29) is 16.8 Å². The molecule has 0 aliphatic carbocycles. The summed E-state index contributed by atoms with van der Waals surface area (Å²) in [5.41, 5.74) is 0.385. The third-order valence-corrected chi connectivity index (χ3v) is 6.40. The number of piperidine rings is 1. The van der Waals surface area contributed by atoms with Crippen LogP contribution < -0.4 is 5.32 Å². The molecule has 2 heterocycles. The van der Waals surface area contributed by atoms with Crippen LogP contribution in [0.3, 0.4) is 0 Å². The highest BCUT2D eigenvalue weighted by molar-refractivity contribution is 7.89. The second kappa shape index (κ2) is 7.33. The Hall–Kier alpha value is -2.25. The number of nitrogens with zero attached hydrogens (tertiary/aromatic N) is 2. The molecule has 0 bridgehead atoms. The fourth-order valence-electron chi connectivity index (χ4n) is 2.97. The number of carbonyl (C=O) groups excluding carboxylic acids is 1. The molecular weight excluding hydrogens is 338 g/mol. The number of carbonyl (C=O) groups is 1. The van der Waals surface area contributed by atoms with Gasteiger partial charge in [-0.25, -0.2) is 13.4 Å². The van der Waals surface area contributed by atoms with Crippen molar-refractivity contribution in [2.24, 2.45) is 0 Å². The summed E-state index contributed by atoms with van der Waals surface area (Å²) in [4.78, 5) is 16.5. The molecule has 1 aliphatic heterocycles. The molecule has 1 atom stereocenters. The standard InChI is InChI=1S/C18H21N3O3S/c1-14-6-3-5-13-21(14)25(23,24)16-10-8-15(9-11-16)18(22)20-17-7-2-4-12-19-17/h2,4,7-12,14H,3,5-6,13H2,1H3,(H,19,20,22). The summed E-state index contributed by atoms with van der Waals surface area (Å²) in [6.07, 6.45) is 4.41. The molecule has 1 aliphatic rings. The van der Waals surface area contributed by atoms with Gasteiger partial charge < -0.3 is 5.32 Å². The summed E-state index contributed by atoms with van der Waals surface area (Å²) < 4.78 is 27.1. The average Bonchev–Trinajstić information content (AvgIpc) is 2.63. The lowest BCUT2D eigenvalue weighted by atomic mass is 10.1. The van der Waals surface area contributed by atoms with E-state index in [1.165, 1.54) is 24.3 Å². The van der Waals surface area contributed by atoms with Crippen LogP contribution in [0.15, 0.2) is 53.6 Å². The van der Waals surface area contributed by atoms with Crippen molar-refractivity contribution in [1.29, 1.82) is 0 Å². The van der Waals surface area contributed by atoms with E-state index in [2.05, 4.69) is 10.3 Å². The zero-order valence-electron chi connectivity index (χ0n) is 14.1. The Morgan fingerprint density at radius 1 is 1.16 bits per heavy atom. The van der Waals surface area contributed by atoms with Gasteiger partial charge in [0.05, 0.1) is 4.90 Å². The number of hydrogen-bond donors (Lipinski definition) is 1. The average molecular weight is 359 g/mol. The van der Waals surface area contributed by atoms with Crippen LogP contribution in [0.4, 0.5) is 5.82 Å². The minimum Gasteiger partial charge on any atom is -0.307 e. The van der Waals surface area contributed by atoms with Gasteiger partial charge in [0.1, 0.15) is 5.82 Å². The molecule has 0 radical (unpaired) electrons. The van der Waals surface area contributed by atoms with E-state index in [1.54, 1.807) is 28.7 Å².